The van der Waals surface area contributed by atoms with Gasteiger partial charge in [0.05, 0.1) is 12.9 Å². The minimum Gasteiger partial charge on any atom is -0.462 e. The third-order valence-corrected chi connectivity index (χ3v) is 2.57. The van der Waals surface area contributed by atoms with E-state index in [1.807, 2.05) is 0 Å². The molecule has 0 aliphatic rings. The van der Waals surface area contributed by atoms with Crippen molar-refractivity contribution >= 4 is 23.1 Å². The normalized spacial score (nSPS) is 12.5. The monoisotopic (exact) mass is 296 g/mol. The van der Waals surface area contributed by atoms with Crippen LogP contribution in [0.3, 0.4) is 0 Å². The number of hydrogen-bond donors (Lipinski definition) is 3. The first-order chi connectivity index (χ1) is 9.99. The highest BCUT2D eigenvalue weighted by Gasteiger charge is 2.10. The first-order valence-corrected chi connectivity index (χ1v) is 6.19. The Morgan fingerprint density at radius 2 is 2.29 bits per heavy atom. The van der Waals surface area contributed by atoms with E-state index in [1.54, 1.807) is 0 Å². The van der Waals surface area contributed by atoms with Crippen LogP contribution in [0.15, 0.2) is 11.1 Å². The number of hydrogen-bond acceptors (Lipinski definition) is 8. The summed E-state index contributed by atoms with van der Waals surface area (Å²) < 4.78 is 11.7. The summed E-state index contributed by atoms with van der Waals surface area (Å²) in [6, 6.07) is -0.665. The topological polar surface area (TPSA) is 151 Å². The number of aromatic nitrogens is 4. The van der Waals surface area contributed by atoms with Crippen LogP contribution >= 0.6 is 0 Å². The van der Waals surface area contributed by atoms with E-state index in [9.17, 15) is 9.59 Å². The molecule has 0 aliphatic heterocycles. The highest BCUT2D eigenvalue weighted by molar-refractivity contribution is 5.74. The lowest BCUT2D eigenvalue weighted by molar-refractivity contribution is -0.146. The number of carbonyl (C=O) groups is 1. The Labute approximate surface area is 119 Å². The number of fused-ring (bicyclic) bond motifs is 1. The Morgan fingerprint density at radius 1 is 1.52 bits per heavy atom. The Hall–Kier alpha value is -2.46. The van der Waals surface area contributed by atoms with Crippen molar-refractivity contribution in [3.8, 4) is 0 Å². The number of aromatic amines is 1. The van der Waals surface area contributed by atoms with Crippen LogP contribution < -0.4 is 17.0 Å². The van der Waals surface area contributed by atoms with Gasteiger partial charge in [-0.1, -0.05) is 0 Å². The van der Waals surface area contributed by atoms with E-state index in [0.29, 0.717) is 5.65 Å². The number of H-pyrrole nitrogens is 1. The Morgan fingerprint density at radius 3 is 3.00 bits per heavy atom. The lowest BCUT2D eigenvalue weighted by atomic mass is 10.4. The number of ether oxygens (including phenoxy) is 2. The third kappa shape index (κ3) is 3.55. The minimum absolute atomic E-state index is 0.000105. The van der Waals surface area contributed by atoms with Crippen LogP contribution in [0.5, 0.6) is 0 Å². The van der Waals surface area contributed by atoms with Crippen LogP contribution in [0.25, 0.3) is 11.2 Å². The molecular weight excluding hydrogens is 280 g/mol. The summed E-state index contributed by atoms with van der Waals surface area (Å²) in [5.41, 5.74) is 10.9. The number of rotatable bonds is 6. The summed E-state index contributed by atoms with van der Waals surface area (Å²) in [6.45, 7) is 1.90. The summed E-state index contributed by atoms with van der Waals surface area (Å²) in [5, 5.41) is 0. The van der Waals surface area contributed by atoms with Gasteiger partial charge in [0.15, 0.2) is 11.2 Å². The van der Waals surface area contributed by atoms with Gasteiger partial charge >= 0.3 is 5.97 Å². The van der Waals surface area contributed by atoms with Crippen molar-refractivity contribution in [2.75, 3.05) is 18.9 Å². The van der Waals surface area contributed by atoms with E-state index in [4.69, 9.17) is 20.9 Å². The second kappa shape index (κ2) is 6.33. The molecule has 21 heavy (non-hydrogen) atoms. The van der Waals surface area contributed by atoms with Gasteiger partial charge in [0.1, 0.15) is 19.4 Å². The number of imidazole rings is 1. The average Bonchev–Trinajstić information content (AvgIpc) is 2.81. The minimum atomic E-state index is -0.665. The van der Waals surface area contributed by atoms with E-state index < -0.39 is 17.6 Å². The predicted octanol–water partition coefficient (Wildman–Crippen LogP) is -1.43. The molecule has 2 heterocycles. The maximum atomic E-state index is 11.6. The first-order valence-electron chi connectivity index (χ1n) is 6.19. The van der Waals surface area contributed by atoms with E-state index >= 15 is 0 Å². The van der Waals surface area contributed by atoms with Crippen molar-refractivity contribution < 1.29 is 14.3 Å². The molecule has 0 fully saturated rings. The highest BCUT2D eigenvalue weighted by Crippen LogP contribution is 2.06. The molecule has 2 aromatic heterocycles. The molecule has 2 rings (SSSR count). The smallest absolute Gasteiger partial charge is 0.322 e. The molecule has 10 nitrogen and oxygen atoms in total. The molecule has 114 valence electrons. The zero-order valence-electron chi connectivity index (χ0n) is 11.4. The van der Waals surface area contributed by atoms with Crippen LogP contribution in [0.1, 0.15) is 6.92 Å². The Balaban J connectivity index is 1.90. The first kappa shape index (κ1) is 14.9. The molecule has 0 aliphatic carbocycles. The molecule has 0 aromatic carbocycles. The van der Waals surface area contributed by atoms with Crippen molar-refractivity contribution in [1.29, 1.82) is 0 Å². The molecule has 0 bridgehead atoms. The molecule has 2 aromatic rings. The second-order valence-corrected chi connectivity index (χ2v) is 4.33. The number of nitrogens with zero attached hydrogens (tertiary/aromatic N) is 3. The number of nitrogen functional groups attached to an aromatic ring is 1. The summed E-state index contributed by atoms with van der Waals surface area (Å²) in [5.74, 6) is -0.493. The van der Waals surface area contributed by atoms with Crippen molar-refractivity contribution in [2.24, 2.45) is 5.73 Å². The van der Waals surface area contributed by atoms with E-state index in [0.717, 1.165) is 0 Å². The van der Waals surface area contributed by atoms with Crippen molar-refractivity contribution in [3.05, 3.63) is 16.7 Å². The fraction of sp³-hybridized carbons (Fsp3) is 0.455. The summed E-state index contributed by atoms with van der Waals surface area (Å²) in [6.07, 6.45) is 1.42. The second-order valence-electron chi connectivity index (χ2n) is 4.33. The number of nitrogens with two attached hydrogens (primary N) is 2. The van der Waals surface area contributed by atoms with Gasteiger partial charge in [-0.2, -0.15) is 4.98 Å². The van der Waals surface area contributed by atoms with Crippen LogP contribution in [0, 0.1) is 0 Å². The summed E-state index contributed by atoms with van der Waals surface area (Å²) in [7, 11) is 0. The molecule has 1 atom stereocenters. The summed E-state index contributed by atoms with van der Waals surface area (Å²) in [4.78, 5) is 32.9. The lowest BCUT2D eigenvalue weighted by Gasteiger charge is -2.08. The SMILES string of the molecule is CC(N)C(=O)OCCOCn1cnc2c(=O)[nH]c(N)nc21. The molecule has 0 radical (unpaired) electrons. The fourth-order valence-electron chi connectivity index (χ4n) is 1.56. The molecule has 5 N–H and O–H groups in total. The van der Waals surface area contributed by atoms with Gasteiger partial charge in [-0.25, -0.2) is 4.98 Å². The fourth-order valence-corrected chi connectivity index (χ4v) is 1.56. The molecule has 0 amide bonds. The van der Waals surface area contributed by atoms with Crippen LogP contribution in [0.4, 0.5) is 5.95 Å². The van der Waals surface area contributed by atoms with E-state index in [-0.39, 0.29) is 31.4 Å². The predicted molar refractivity (Wildman–Crippen MR) is 73.1 cm³/mol. The maximum absolute atomic E-state index is 11.6. The van der Waals surface area contributed by atoms with Gasteiger partial charge in [0.25, 0.3) is 5.56 Å². The third-order valence-electron chi connectivity index (χ3n) is 2.57. The van der Waals surface area contributed by atoms with Crippen LogP contribution in [-0.4, -0.2) is 44.7 Å². The van der Waals surface area contributed by atoms with Gasteiger partial charge in [0, 0.05) is 0 Å². The molecule has 1 unspecified atom stereocenters. The van der Waals surface area contributed by atoms with Gasteiger partial charge in [-0.15, -0.1) is 0 Å². The Kier molecular flexibility index (Phi) is 4.50. The maximum Gasteiger partial charge on any atom is 0.322 e. The van der Waals surface area contributed by atoms with Gasteiger partial charge in [-0.05, 0) is 6.92 Å². The van der Waals surface area contributed by atoms with Crippen molar-refractivity contribution in [3.63, 3.8) is 0 Å². The van der Waals surface area contributed by atoms with E-state index in [1.165, 1.54) is 17.8 Å². The highest BCUT2D eigenvalue weighted by atomic mass is 16.6. The van der Waals surface area contributed by atoms with Crippen LogP contribution in [0.2, 0.25) is 0 Å². The van der Waals surface area contributed by atoms with Crippen molar-refractivity contribution in [2.45, 2.75) is 19.7 Å². The zero-order valence-corrected chi connectivity index (χ0v) is 11.4. The summed E-state index contributed by atoms with van der Waals surface area (Å²) >= 11 is 0. The molecule has 0 spiro atoms. The number of nitrogens with one attached hydrogen (secondary N) is 1. The quantitative estimate of drug-likeness (QED) is 0.433. The number of carbonyl (C=O) groups excluding carboxylic acids is 1. The zero-order chi connectivity index (χ0) is 15.4. The van der Waals surface area contributed by atoms with Gasteiger partial charge < -0.3 is 20.9 Å². The van der Waals surface area contributed by atoms with Gasteiger partial charge in [-0.3, -0.25) is 19.1 Å². The van der Waals surface area contributed by atoms with E-state index in [2.05, 4.69) is 15.0 Å². The van der Waals surface area contributed by atoms with Crippen LogP contribution in [-0.2, 0) is 21.0 Å². The Bertz CT molecular complexity index is 692. The molecule has 0 saturated heterocycles. The molecule has 0 saturated carbocycles. The average molecular weight is 296 g/mol. The number of esters is 1. The number of anilines is 1. The molecular formula is C11H16N6O4. The standard InChI is InChI=1S/C11H16N6O4/c1-6(12)10(19)21-3-2-20-5-17-4-14-7-8(17)15-11(13)16-9(7)18/h4,6H,2-3,5,12H2,1H3,(H3,13,15,16,18). The van der Waals surface area contributed by atoms with Crippen molar-refractivity contribution in [1.82, 2.24) is 19.5 Å². The molecule has 10 heteroatoms. The largest absolute Gasteiger partial charge is 0.462 e. The lowest BCUT2D eigenvalue weighted by Crippen LogP contribution is -2.29. The van der Waals surface area contributed by atoms with Gasteiger partial charge in [0.2, 0.25) is 5.95 Å².